The standard InChI is InChI=1S/C11H14ClNO4/c1-6(2)8(11(15)16-3)13-10(14)7-4-5-17-9(7)12/h4-6,8H,1-3H3,(H,13,14). The topological polar surface area (TPSA) is 68.5 Å². The highest BCUT2D eigenvalue weighted by Crippen LogP contribution is 2.17. The molecule has 0 aliphatic heterocycles. The summed E-state index contributed by atoms with van der Waals surface area (Å²) in [5.74, 6) is -1.04. The van der Waals surface area contributed by atoms with Gasteiger partial charge in [0, 0.05) is 0 Å². The summed E-state index contributed by atoms with van der Waals surface area (Å²) in [6.07, 6.45) is 1.31. The van der Waals surface area contributed by atoms with E-state index in [1.165, 1.54) is 19.4 Å². The average molecular weight is 260 g/mol. The maximum absolute atomic E-state index is 11.8. The van der Waals surface area contributed by atoms with Crippen molar-refractivity contribution in [2.45, 2.75) is 19.9 Å². The molecular weight excluding hydrogens is 246 g/mol. The van der Waals surface area contributed by atoms with Crippen molar-refractivity contribution in [2.75, 3.05) is 7.11 Å². The second kappa shape index (κ2) is 5.72. The van der Waals surface area contributed by atoms with Crippen LogP contribution in [-0.4, -0.2) is 25.0 Å². The summed E-state index contributed by atoms with van der Waals surface area (Å²) in [6, 6.07) is 0.727. The number of halogens is 1. The van der Waals surface area contributed by atoms with Gasteiger partial charge >= 0.3 is 5.97 Å². The molecule has 0 aliphatic rings. The first-order chi connectivity index (χ1) is 7.97. The highest BCUT2D eigenvalue weighted by atomic mass is 35.5. The minimum atomic E-state index is -0.710. The zero-order valence-corrected chi connectivity index (χ0v) is 10.6. The molecule has 1 heterocycles. The number of ether oxygens (including phenoxy) is 1. The molecule has 0 saturated carbocycles. The van der Waals surface area contributed by atoms with E-state index in [-0.39, 0.29) is 16.7 Å². The molecule has 0 aromatic carbocycles. The average Bonchev–Trinajstić information content (AvgIpc) is 2.70. The molecule has 1 amide bonds. The largest absolute Gasteiger partial charge is 0.467 e. The van der Waals surface area contributed by atoms with Crippen LogP contribution in [0.1, 0.15) is 24.2 Å². The molecule has 94 valence electrons. The Hall–Kier alpha value is -1.49. The van der Waals surface area contributed by atoms with Gasteiger partial charge in [-0.3, -0.25) is 4.79 Å². The zero-order chi connectivity index (χ0) is 13.0. The third-order valence-corrected chi connectivity index (χ3v) is 2.56. The van der Waals surface area contributed by atoms with E-state index < -0.39 is 17.9 Å². The lowest BCUT2D eigenvalue weighted by Gasteiger charge is -2.19. The van der Waals surface area contributed by atoms with E-state index in [2.05, 4.69) is 10.1 Å². The molecule has 1 atom stereocenters. The Morgan fingerprint density at radius 3 is 2.53 bits per heavy atom. The van der Waals surface area contributed by atoms with Crippen LogP contribution in [0.4, 0.5) is 0 Å². The quantitative estimate of drug-likeness (QED) is 0.838. The van der Waals surface area contributed by atoms with Gasteiger partial charge in [-0.2, -0.15) is 0 Å². The molecule has 1 unspecified atom stereocenters. The molecule has 0 aliphatic carbocycles. The molecule has 1 aromatic heterocycles. The fourth-order valence-corrected chi connectivity index (χ4v) is 1.50. The van der Waals surface area contributed by atoms with Crippen molar-refractivity contribution in [3.05, 3.63) is 23.1 Å². The molecule has 0 saturated heterocycles. The van der Waals surface area contributed by atoms with Crippen LogP contribution in [0.25, 0.3) is 0 Å². The van der Waals surface area contributed by atoms with Crippen molar-refractivity contribution < 1.29 is 18.7 Å². The van der Waals surface area contributed by atoms with E-state index in [1.807, 2.05) is 0 Å². The highest BCUT2D eigenvalue weighted by molar-refractivity contribution is 6.32. The van der Waals surface area contributed by atoms with Crippen molar-refractivity contribution in [3.8, 4) is 0 Å². The first kappa shape index (κ1) is 13.6. The number of amides is 1. The van der Waals surface area contributed by atoms with Gasteiger partial charge in [-0.05, 0) is 23.6 Å². The Labute approximate surface area is 104 Å². The molecule has 1 aromatic rings. The summed E-state index contributed by atoms with van der Waals surface area (Å²) in [4.78, 5) is 23.2. The van der Waals surface area contributed by atoms with Crippen molar-refractivity contribution >= 4 is 23.5 Å². The molecular formula is C11H14ClNO4. The Bertz CT molecular complexity index is 413. The number of carbonyl (C=O) groups excluding carboxylic acids is 2. The molecule has 0 spiro atoms. The van der Waals surface area contributed by atoms with Crippen LogP contribution in [0.5, 0.6) is 0 Å². The summed E-state index contributed by atoms with van der Waals surface area (Å²) >= 11 is 5.67. The maximum Gasteiger partial charge on any atom is 0.328 e. The molecule has 17 heavy (non-hydrogen) atoms. The van der Waals surface area contributed by atoms with Gasteiger partial charge in [0.2, 0.25) is 5.22 Å². The summed E-state index contributed by atoms with van der Waals surface area (Å²) in [5, 5.41) is 2.55. The lowest BCUT2D eigenvalue weighted by atomic mass is 10.0. The SMILES string of the molecule is COC(=O)C(NC(=O)c1ccoc1Cl)C(C)C. The van der Waals surface area contributed by atoms with Crippen LogP contribution in [0.2, 0.25) is 5.22 Å². The lowest BCUT2D eigenvalue weighted by Crippen LogP contribution is -2.45. The Balaban J connectivity index is 2.78. The van der Waals surface area contributed by atoms with E-state index in [0.29, 0.717) is 0 Å². The van der Waals surface area contributed by atoms with Gasteiger partial charge in [0.05, 0.1) is 18.9 Å². The number of nitrogens with one attached hydrogen (secondary N) is 1. The third kappa shape index (κ3) is 3.23. The fourth-order valence-electron chi connectivity index (χ4n) is 1.30. The molecule has 6 heteroatoms. The van der Waals surface area contributed by atoms with Gasteiger partial charge in [0.1, 0.15) is 6.04 Å². The van der Waals surface area contributed by atoms with E-state index in [4.69, 9.17) is 16.0 Å². The number of esters is 1. The number of methoxy groups -OCH3 is 1. The summed E-state index contributed by atoms with van der Waals surface area (Å²) in [7, 11) is 1.27. The van der Waals surface area contributed by atoms with E-state index in [0.717, 1.165) is 0 Å². The van der Waals surface area contributed by atoms with Crippen molar-refractivity contribution in [1.82, 2.24) is 5.32 Å². The molecule has 1 rings (SSSR count). The van der Waals surface area contributed by atoms with Gasteiger partial charge in [-0.25, -0.2) is 4.79 Å². The summed E-state index contributed by atoms with van der Waals surface area (Å²) in [5.41, 5.74) is 0.196. The number of carbonyl (C=O) groups is 2. The second-order valence-electron chi connectivity index (χ2n) is 3.83. The molecule has 5 nitrogen and oxygen atoms in total. The fraction of sp³-hybridized carbons (Fsp3) is 0.455. The Morgan fingerprint density at radius 1 is 1.47 bits per heavy atom. The minimum Gasteiger partial charge on any atom is -0.467 e. The minimum absolute atomic E-state index is 0.00475. The van der Waals surface area contributed by atoms with Crippen LogP contribution in [0, 0.1) is 5.92 Å². The van der Waals surface area contributed by atoms with Crippen molar-refractivity contribution in [3.63, 3.8) is 0 Å². The maximum atomic E-state index is 11.8. The van der Waals surface area contributed by atoms with Gasteiger partial charge in [-0.15, -0.1) is 0 Å². The highest BCUT2D eigenvalue weighted by Gasteiger charge is 2.26. The lowest BCUT2D eigenvalue weighted by molar-refractivity contribution is -0.144. The smallest absolute Gasteiger partial charge is 0.328 e. The van der Waals surface area contributed by atoms with E-state index in [9.17, 15) is 9.59 Å². The van der Waals surface area contributed by atoms with Gasteiger partial charge in [0.15, 0.2) is 0 Å². The van der Waals surface area contributed by atoms with Crippen LogP contribution in [0.3, 0.4) is 0 Å². The Kier molecular flexibility index (Phi) is 4.57. The molecule has 0 fully saturated rings. The third-order valence-electron chi connectivity index (χ3n) is 2.27. The normalized spacial score (nSPS) is 12.3. The van der Waals surface area contributed by atoms with E-state index in [1.54, 1.807) is 13.8 Å². The van der Waals surface area contributed by atoms with Crippen LogP contribution in [-0.2, 0) is 9.53 Å². The van der Waals surface area contributed by atoms with Gasteiger partial charge in [-0.1, -0.05) is 13.8 Å². The van der Waals surface area contributed by atoms with Crippen LogP contribution < -0.4 is 5.32 Å². The zero-order valence-electron chi connectivity index (χ0n) is 9.82. The van der Waals surface area contributed by atoms with Gasteiger partial charge < -0.3 is 14.5 Å². The Morgan fingerprint density at radius 2 is 2.12 bits per heavy atom. The second-order valence-corrected chi connectivity index (χ2v) is 4.17. The predicted octanol–water partition coefficient (Wildman–Crippen LogP) is 1.86. The van der Waals surface area contributed by atoms with Gasteiger partial charge in [0.25, 0.3) is 5.91 Å². The molecule has 1 N–H and O–H groups in total. The number of hydrogen-bond acceptors (Lipinski definition) is 4. The van der Waals surface area contributed by atoms with Crippen molar-refractivity contribution in [1.29, 1.82) is 0 Å². The first-order valence-corrected chi connectivity index (χ1v) is 5.46. The molecule has 0 bridgehead atoms. The van der Waals surface area contributed by atoms with Crippen LogP contribution >= 0.6 is 11.6 Å². The summed E-state index contributed by atoms with van der Waals surface area (Å²) in [6.45, 7) is 3.61. The van der Waals surface area contributed by atoms with E-state index >= 15 is 0 Å². The monoisotopic (exact) mass is 259 g/mol. The number of rotatable bonds is 4. The first-order valence-electron chi connectivity index (χ1n) is 5.09. The predicted molar refractivity (Wildman–Crippen MR) is 61.8 cm³/mol. The number of furan rings is 1. The molecule has 0 radical (unpaired) electrons. The number of hydrogen-bond donors (Lipinski definition) is 1. The summed E-state index contributed by atoms with van der Waals surface area (Å²) < 4.78 is 9.41. The van der Waals surface area contributed by atoms with Crippen molar-refractivity contribution in [2.24, 2.45) is 5.92 Å². The van der Waals surface area contributed by atoms with Crippen LogP contribution in [0.15, 0.2) is 16.7 Å².